The Bertz CT molecular complexity index is 909. The molecule has 10 nitrogen and oxygen atoms in total. The predicted molar refractivity (Wildman–Crippen MR) is 151 cm³/mol. The Morgan fingerprint density at radius 2 is 1.72 bits per heavy atom. The third-order valence-electron chi connectivity index (χ3n) is 7.26. The summed E-state index contributed by atoms with van der Waals surface area (Å²) >= 11 is 0. The van der Waals surface area contributed by atoms with Crippen molar-refractivity contribution in [3.05, 3.63) is 23.8 Å². The summed E-state index contributed by atoms with van der Waals surface area (Å²) in [5, 5.41) is 3.44. The minimum Gasteiger partial charge on any atom is -0.493 e. The van der Waals surface area contributed by atoms with Gasteiger partial charge in [0.1, 0.15) is 0 Å². The maximum atomic E-state index is 13.7. The van der Waals surface area contributed by atoms with Crippen molar-refractivity contribution in [3.8, 4) is 11.5 Å². The molecule has 0 aromatic heterocycles. The second-order valence-electron chi connectivity index (χ2n) is 11.0. The van der Waals surface area contributed by atoms with E-state index in [0.29, 0.717) is 56.4 Å². The summed E-state index contributed by atoms with van der Waals surface area (Å²) in [7, 11) is 6.65. The smallest absolute Gasteiger partial charge is 0.409 e. The standard InChI is InChI=1S/C29H49N3O7/c1-21(2)32(27(33)22-10-11-25(36-7)26(16-22)38-14-9-13-35-6)20-24-18-30-17-23(24)19-31(5)28(34)39-15-12-29(3,4)37-8/h10-11,16,21,23-24,30H,9,12-15,17-20H2,1-8H3/t23-,24-/m0/s1. The highest BCUT2D eigenvalue weighted by atomic mass is 16.6. The zero-order chi connectivity index (χ0) is 29.0. The average molecular weight is 552 g/mol. The molecular formula is C29H49N3O7. The quantitative estimate of drug-likeness (QED) is 0.311. The Hall–Kier alpha value is -2.56. The first-order chi connectivity index (χ1) is 18.5. The van der Waals surface area contributed by atoms with Crippen LogP contribution in [0.4, 0.5) is 4.79 Å². The van der Waals surface area contributed by atoms with E-state index in [-0.39, 0.29) is 35.5 Å². The van der Waals surface area contributed by atoms with Crippen LogP contribution < -0.4 is 14.8 Å². The molecule has 2 rings (SSSR count). The summed E-state index contributed by atoms with van der Waals surface area (Å²) in [6.45, 7) is 12.0. The highest BCUT2D eigenvalue weighted by molar-refractivity contribution is 5.95. The van der Waals surface area contributed by atoms with Crippen molar-refractivity contribution >= 4 is 12.0 Å². The Kier molecular flexibility index (Phi) is 13.3. The van der Waals surface area contributed by atoms with Crippen LogP contribution in [-0.2, 0) is 14.2 Å². The highest BCUT2D eigenvalue weighted by Gasteiger charge is 2.33. The van der Waals surface area contributed by atoms with Gasteiger partial charge < -0.3 is 38.8 Å². The van der Waals surface area contributed by atoms with E-state index < -0.39 is 0 Å². The Morgan fingerprint density at radius 1 is 1.03 bits per heavy atom. The van der Waals surface area contributed by atoms with Crippen LogP contribution in [0, 0.1) is 11.8 Å². The van der Waals surface area contributed by atoms with Crippen molar-refractivity contribution in [2.24, 2.45) is 11.8 Å². The van der Waals surface area contributed by atoms with Gasteiger partial charge in [0, 0.05) is 78.5 Å². The minimum absolute atomic E-state index is 0.00115. The molecule has 1 fully saturated rings. The van der Waals surface area contributed by atoms with Crippen molar-refractivity contribution in [1.29, 1.82) is 0 Å². The molecule has 0 spiro atoms. The molecule has 2 amide bonds. The zero-order valence-electron chi connectivity index (χ0n) is 25.1. The SMILES string of the molecule is COCCCOc1cc(C(=O)N(C[C@@H]2CNC[C@H]2CN(C)C(=O)OCCC(C)(C)OC)C(C)C)ccc1OC. The molecule has 0 saturated carbocycles. The number of nitrogens with zero attached hydrogens (tertiary/aromatic N) is 2. The second-order valence-corrected chi connectivity index (χ2v) is 11.0. The average Bonchev–Trinajstić information content (AvgIpc) is 3.35. The first-order valence-electron chi connectivity index (χ1n) is 13.8. The van der Waals surface area contributed by atoms with Gasteiger partial charge in [-0.1, -0.05) is 0 Å². The van der Waals surface area contributed by atoms with Gasteiger partial charge in [-0.15, -0.1) is 0 Å². The number of hydrogen-bond acceptors (Lipinski definition) is 8. The van der Waals surface area contributed by atoms with Crippen LogP contribution in [0.5, 0.6) is 11.5 Å². The van der Waals surface area contributed by atoms with E-state index in [1.54, 1.807) is 51.5 Å². The van der Waals surface area contributed by atoms with E-state index in [2.05, 4.69) is 5.32 Å². The highest BCUT2D eigenvalue weighted by Crippen LogP contribution is 2.30. The summed E-state index contributed by atoms with van der Waals surface area (Å²) < 4.78 is 27.3. The fourth-order valence-corrected chi connectivity index (χ4v) is 4.49. The lowest BCUT2D eigenvalue weighted by molar-refractivity contribution is -0.00303. The van der Waals surface area contributed by atoms with Gasteiger partial charge in [-0.2, -0.15) is 0 Å². The first-order valence-corrected chi connectivity index (χ1v) is 13.8. The van der Waals surface area contributed by atoms with Crippen LogP contribution in [-0.4, -0.2) is 108 Å². The van der Waals surface area contributed by atoms with Gasteiger partial charge in [-0.3, -0.25) is 4.79 Å². The monoisotopic (exact) mass is 551 g/mol. The molecule has 1 aromatic rings. The predicted octanol–water partition coefficient (Wildman–Crippen LogP) is 3.68. The lowest BCUT2D eigenvalue weighted by atomic mass is 9.94. The maximum Gasteiger partial charge on any atom is 0.409 e. The van der Waals surface area contributed by atoms with Crippen molar-refractivity contribution in [1.82, 2.24) is 15.1 Å². The molecule has 222 valence electrons. The molecule has 0 bridgehead atoms. The number of methoxy groups -OCH3 is 3. The summed E-state index contributed by atoms with van der Waals surface area (Å²) in [6, 6.07) is 5.30. The topological polar surface area (TPSA) is 98.8 Å². The van der Waals surface area contributed by atoms with E-state index in [1.165, 1.54) is 0 Å². The molecule has 39 heavy (non-hydrogen) atoms. The molecule has 1 heterocycles. The summed E-state index contributed by atoms with van der Waals surface area (Å²) in [6.07, 6.45) is 1.01. The Morgan fingerprint density at radius 3 is 2.33 bits per heavy atom. The fourth-order valence-electron chi connectivity index (χ4n) is 4.49. The molecule has 1 aliphatic heterocycles. The molecule has 1 aliphatic rings. The maximum absolute atomic E-state index is 13.7. The van der Waals surface area contributed by atoms with E-state index in [0.717, 1.165) is 19.5 Å². The number of ether oxygens (including phenoxy) is 5. The van der Waals surface area contributed by atoms with Gasteiger partial charge in [0.2, 0.25) is 0 Å². The third kappa shape index (κ3) is 10.2. The van der Waals surface area contributed by atoms with Crippen molar-refractivity contribution in [2.75, 3.05) is 74.4 Å². The van der Waals surface area contributed by atoms with Gasteiger partial charge in [0.15, 0.2) is 11.5 Å². The van der Waals surface area contributed by atoms with Crippen molar-refractivity contribution in [3.63, 3.8) is 0 Å². The lowest BCUT2D eigenvalue weighted by Crippen LogP contribution is -2.44. The van der Waals surface area contributed by atoms with Crippen LogP contribution >= 0.6 is 0 Å². The van der Waals surface area contributed by atoms with Gasteiger partial charge in [0.25, 0.3) is 5.91 Å². The summed E-state index contributed by atoms with van der Waals surface area (Å²) in [5.41, 5.74) is 0.209. The molecule has 1 N–H and O–H groups in total. The van der Waals surface area contributed by atoms with Crippen molar-refractivity contribution < 1.29 is 33.3 Å². The van der Waals surface area contributed by atoms with Crippen LogP contribution in [0.15, 0.2) is 18.2 Å². The summed E-state index contributed by atoms with van der Waals surface area (Å²) in [4.78, 5) is 29.8. The van der Waals surface area contributed by atoms with Gasteiger partial charge in [-0.05, 0) is 57.7 Å². The number of hydrogen-bond donors (Lipinski definition) is 1. The molecule has 0 unspecified atom stereocenters. The number of carbonyl (C=O) groups is 2. The minimum atomic E-state index is -0.347. The number of amides is 2. The third-order valence-corrected chi connectivity index (χ3v) is 7.26. The second kappa shape index (κ2) is 15.9. The molecule has 0 aliphatic carbocycles. The fraction of sp³-hybridized carbons (Fsp3) is 0.724. The largest absolute Gasteiger partial charge is 0.493 e. The van der Waals surface area contributed by atoms with E-state index >= 15 is 0 Å². The van der Waals surface area contributed by atoms with Crippen LogP contribution in [0.1, 0.15) is 50.9 Å². The van der Waals surface area contributed by atoms with Crippen molar-refractivity contribution in [2.45, 2.75) is 52.2 Å². The molecule has 2 atom stereocenters. The van der Waals surface area contributed by atoms with Gasteiger partial charge >= 0.3 is 6.09 Å². The molecular weight excluding hydrogens is 502 g/mol. The molecule has 1 aromatic carbocycles. The van der Waals surface area contributed by atoms with Crippen LogP contribution in [0.25, 0.3) is 0 Å². The Balaban J connectivity index is 2.03. The number of carbonyl (C=O) groups excluding carboxylic acids is 2. The molecule has 10 heteroatoms. The van der Waals surface area contributed by atoms with Crippen LogP contribution in [0.2, 0.25) is 0 Å². The zero-order valence-corrected chi connectivity index (χ0v) is 25.1. The molecule has 0 radical (unpaired) electrons. The number of nitrogens with one attached hydrogen (secondary N) is 1. The van der Waals surface area contributed by atoms with Gasteiger partial charge in [-0.25, -0.2) is 4.79 Å². The van der Waals surface area contributed by atoms with Crippen LogP contribution in [0.3, 0.4) is 0 Å². The first kappa shape index (κ1) is 32.7. The van der Waals surface area contributed by atoms with Gasteiger partial charge in [0.05, 0.1) is 25.9 Å². The number of rotatable bonds is 16. The lowest BCUT2D eigenvalue weighted by Gasteiger charge is -2.32. The van der Waals surface area contributed by atoms with E-state index in [1.807, 2.05) is 32.6 Å². The normalized spacial score (nSPS) is 17.3. The van der Waals surface area contributed by atoms with E-state index in [9.17, 15) is 9.59 Å². The summed E-state index contributed by atoms with van der Waals surface area (Å²) in [5.74, 6) is 1.46. The molecule has 1 saturated heterocycles. The Labute approximate surface area is 234 Å². The number of benzene rings is 1. The van der Waals surface area contributed by atoms with E-state index in [4.69, 9.17) is 23.7 Å².